The molecule has 8 heteroatoms. The van der Waals surface area contributed by atoms with Gasteiger partial charge in [0.1, 0.15) is 12.4 Å². The average molecular weight is 521 g/mol. The Morgan fingerprint density at radius 2 is 1.89 bits per heavy atom. The molecule has 1 fully saturated rings. The number of aliphatic carboxylic acids is 1. The van der Waals surface area contributed by atoms with Crippen molar-refractivity contribution in [3.05, 3.63) is 70.8 Å². The van der Waals surface area contributed by atoms with Crippen molar-refractivity contribution in [1.82, 2.24) is 9.97 Å². The Morgan fingerprint density at radius 3 is 2.55 bits per heavy atom. The number of halogens is 1. The maximum atomic E-state index is 14.9. The maximum Gasteiger partial charge on any atom is 0.307 e. The van der Waals surface area contributed by atoms with Crippen LogP contribution in [0, 0.1) is 17.2 Å². The zero-order chi connectivity index (χ0) is 27.2. The molecule has 1 saturated carbocycles. The highest BCUT2D eigenvalue weighted by Crippen LogP contribution is 2.61. The molecule has 3 atom stereocenters. The van der Waals surface area contributed by atoms with Crippen LogP contribution in [0.15, 0.2) is 42.7 Å². The summed E-state index contributed by atoms with van der Waals surface area (Å²) in [5.74, 6) is -0.721. The van der Waals surface area contributed by atoms with E-state index in [9.17, 15) is 14.3 Å². The third kappa shape index (κ3) is 4.62. The van der Waals surface area contributed by atoms with Gasteiger partial charge in [-0.3, -0.25) is 4.79 Å². The van der Waals surface area contributed by atoms with E-state index in [1.54, 1.807) is 13.2 Å². The minimum atomic E-state index is -0.737. The van der Waals surface area contributed by atoms with Gasteiger partial charge < -0.3 is 19.3 Å². The molecular weight excluding hydrogens is 487 g/mol. The minimum absolute atomic E-state index is 0.247. The number of aryl methyl sites for hydroxylation is 1. The van der Waals surface area contributed by atoms with E-state index >= 15 is 0 Å². The molecule has 0 bridgehead atoms. The van der Waals surface area contributed by atoms with E-state index in [1.165, 1.54) is 7.11 Å². The normalized spacial score (nSPS) is 20.7. The number of nitrogens with zero attached hydrogens (tertiary/aromatic N) is 2. The quantitative estimate of drug-likeness (QED) is 0.396. The monoisotopic (exact) mass is 520 g/mol. The van der Waals surface area contributed by atoms with Crippen molar-refractivity contribution in [1.29, 1.82) is 0 Å². The Balaban J connectivity index is 1.45. The summed E-state index contributed by atoms with van der Waals surface area (Å²) in [6.07, 6.45) is 5.01. The van der Waals surface area contributed by atoms with Crippen LogP contribution in [-0.4, -0.2) is 35.3 Å². The molecule has 7 nitrogen and oxygen atoms in total. The summed E-state index contributed by atoms with van der Waals surface area (Å²) in [6.45, 7) is 6.47. The van der Waals surface area contributed by atoms with Crippen molar-refractivity contribution in [2.24, 2.45) is 11.3 Å². The predicted molar refractivity (Wildman–Crippen MR) is 140 cm³/mol. The molecule has 2 aliphatic rings. The van der Waals surface area contributed by atoms with Crippen molar-refractivity contribution < 1.29 is 28.5 Å². The first-order valence-corrected chi connectivity index (χ1v) is 12.8. The lowest BCUT2D eigenvalue weighted by atomic mass is 9.81. The summed E-state index contributed by atoms with van der Waals surface area (Å²) in [6, 6.07) is 9.25. The van der Waals surface area contributed by atoms with E-state index in [-0.39, 0.29) is 29.5 Å². The second-order valence-electron chi connectivity index (χ2n) is 11.3. The molecule has 0 amide bonds. The number of methoxy groups -OCH3 is 2. The van der Waals surface area contributed by atoms with Gasteiger partial charge in [-0.2, -0.15) is 0 Å². The number of hydrogen-bond acceptors (Lipinski definition) is 6. The van der Waals surface area contributed by atoms with Crippen molar-refractivity contribution in [3.63, 3.8) is 0 Å². The molecule has 0 saturated heterocycles. The van der Waals surface area contributed by atoms with Crippen LogP contribution in [0.3, 0.4) is 0 Å². The van der Waals surface area contributed by atoms with Crippen LogP contribution in [0.4, 0.5) is 4.39 Å². The van der Waals surface area contributed by atoms with Gasteiger partial charge in [0, 0.05) is 36.4 Å². The molecule has 1 spiro atoms. The van der Waals surface area contributed by atoms with E-state index in [2.05, 4.69) is 30.7 Å². The molecule has 38 heavy (non-hydrogen) atoms. The average Bonchev–Trinajstić information content (AvgIpc) is 3.52. The van der Waals surface area contributed by atoms with Gasteiger partial charge in [-0.25, -0.2) is 14.4 Å². The van der Waals surface area contributed by atoms with Crippen LogP contribution >= 0.6 is 0 Å². The summed E-state index contributed by atoms with van der Waals surface area (Å²) in [5, 5.41) is 9.53. The van der Waals surface area contributed by atoms with Crippen LogP contribution in [0.5, 0.6) is 11.8 Å². The molecule has 5 rings (SSSR count). The molecular formula is C30H33FN2O5. The van der Waals surface area contributed by atoms with Gasteiger partial charge in [0.2, 0.25) is 11.8 Å². The highest BCUT2D eigenvalue weighted by atomic mass is 19.1. The third-order valence-corrected chi connectivity index (χ3v) is 7.85. The molecule has 200 valence electrons. The van der Waals surface area contributed by atoms with Crippen LogP contribution in [0.1, 0.15) is 62.0 Å². The summed E-state index contributed by atoms with van der Waals surface area (Å²) in [7, 11) is 3.15. The van der Waals surface area contributed by atoms with E-state index < -0.39 is 11.8 Å². The van der Waals surface area contributed by atoms with Gasteiger partial charge in [-0.15, -0.1) is 0 Å². The van der Waals surface area contributed by atoms with E-state index in [4.69, 9.17) is 14.2 Å². The van der Waals surface area contributed by atoms with E-state index in [1.807, 2.05) is 30.5 Å². The number of pyridine rings is 2. The number of carbonyl (C=O) groups is 1. The molecule has 2 aliphatic carbocycles. The number of carboxylic acids is 1. The summed E-state index contributed by atoms with van der Waals surface area (Å²) < 4.78 is 32.2. The maximum absolute atomic E-state index is 14.9. The second kappa shape index (κ2) is 9.66. The lowest BCUT2D eigenvalue weighted by molar-refractivity contribution is -0.139. The molecule has 1 aromatic carbocycles. The Bertz CT molecular complexity index is 1390. The number of ether oxygens (including phenoxy) is 3. The number of fused-ring (bicyclic) bond motifs is 2. The topological polar surface area (TPSA) is 90.8 Å². The number of hydrogen-bond donors (Lipinski definition) is 1. The fourth-order valence-electron chi connectivity index (χ4n) is 5.91. The SMILES string of the molecule is COc1cc(-c2ccc(COc3cc4c(cn3)CC[C@@]43C[C@@H]3C(=O)O)cc2[C@@H](OC)C(C)(C)C)c(F)cn1. The van der Waals surface area contributed by atoms with Gasteiger partial charge in [0.05, 0.1) is 25.3 Å². The highest BCUT2D eigenvalue weighted by Gasteiger charge is 2.62. The summed E-state index contributed by atoms with van der Waals surface area (Å²) in [4.78, 5) is 20.1. The molecule has 1 N–H and O–H groups in total. The highest BCUT2D eigenvalue weighted by molar-refractivity contribution is 5.78. The largest absolute Gasteiger partial charge is 0.481 e. The van der Waals surface area contributed by atoms with Crippen molar-refractivity contribution in [3.8, 4) is 22.9 Å². The number of benzene rings is 1. The molecule has 2 heterocycles. The number of rotatable bonds is 8. The summed E-state index contributed by atoms with van der Waals surface area (Å²) >= 11 is 0. The van der Waals surface area contributed by atoms with Crippen LogP contribution in [0.2, 0.25) is 0 Å². The Kier molecular flexibility index (Phi) is 6.63. The first kappa shape index (κ1) is 26.1. The van der Waals surface area contributed by atoms with Gasteiger partial charge in [-0.1, -0.05) is 32.9 Å². The third-order valence-electron chi connectivity index (χ3n) is 7.85. The molecule has 0 radical (unpaired) electrons. The lowest BCUT2D eigenvalue weighted by Crippen LogP contribution is -2.21. The smallest absolute Gasteiger partial charge is 0.307 e. The summed E-state index contributed by atoms with van der Waals surface area (Å²) in [5.41, 5.74) is 4.41. The van der Waals surface area contributed by atoms with Gasteiger partial charge in [0.15, 0.2) is 0 Å². The molecule has 0 unspecified atom stereocenters. The number of carboxylic acid groups (broad SMARTS) is 1. The lowest BCUT2D eigenvalue weighted by Gasteiger charge is -2.32. The van der Waals surface area contributed by atoms with E-state index in [0.29, 0.717) is 29.3 Å². The van der Waals surface area contributed by atoms with Crippen molar-refractivity contribution in [2.45, 2.75) is 58.2 Å². The second-order valence-corrected chi connectivity index (χ2v) is 11.3. The Hall–Kier alpha value is -3.52. The van der Waals surface area contributed by atoms with E-state index in [0.717, 1.165) is 41.3 Å². The van der Waals surface area contributed by atoms with Crippen LogP contribution in [-0.2, 0) is 28.0 Å². The molecule has 3 aromatic rings. The Labute approximate surface area is 222 Å². The standard InChI is InChI=1S/C30H33FN2O5/c1-29(2,3)27(37-5)21-10-17(6-7-19(21)20-11-25(36-4)33-15-24(20)31)16-38-26-12-22-18(14-32-26)8-9-30(22)13-23(30)28(34)35/h6-7,10-12,14-15,23,27H,8-9,13,16H2,1-5H3,(H,34,35)/t23-,27-,30-/m1/s1. The van der Waals surface area contributed by atoms with Gasteiger partial charge in [-0.05, 0) is 58.6 Å². The van der Waals surface area contributed by atoms with Gasteiger partial charge >= 0.3 is 5.97 Å². The molecule has 0 aliphatic heterocycles. The van der Waals surface area contributed by atoms with Gasteiger partial charge in [0.25, 0.3) is 0 Å². The molecule has 2 aromatic heterocycles. The van der Waals surface area contributed by atoms with Crippen molar-refractivity contribution in [2.75, 3.05) is 14.2 Å². The zero-order valence-electron chi connectivity index (χ0n) is 22.4. The van der Waals surface area contributed by atoms with Crippen LogP contribution in [0.25, 0.3) is 11.1 Å². The fourth-order valence-corrected chi connectivity index (χ4v) is 5.91. The zero-order valence-corrected chi connectivity index (χ0v) is 22.4. The first-order valence-electron chi connectivity index (χ1n) is 12.8. The minimum Gasteiger partial charge on any atom is -0.481 e. The fraction of sp³-hybridized carbons (Fsp3) is 0.433. The number of aromatic nitrogens is 2. The first-order chi connectivity index (χ1) is 18.1. The predicted octanol–water partition coefficient (Wildman–Crippen LogP) is 5.89. The Morgan fingerprint density at radius 1 is 1.13 bits per heavy atom. The van der Waals surface area contributed by atoms with Crippen molar-refractivity contribution >= 4 is 5.97 Å². The van der Waals surface area contributed by atoms with Crippen LogP contribution < -0.4 is 9.47 Å².